The zero-order valence-electron chi connectivity index (χ0n) is 18.9. The van der Waals surface area contributed by atoms with Crippen LogP contribution in [0.15, 0.2) is 82.0 Å². The first-order valence-electron chi connectivity index (χ1n) is 10.5. The van der Waals surface area contributed by atoms with Crippen molar-refractivity contribution in [2.45, 2.75) is 33.1 Å². The van der Waals surface area contributed by atoms with E-state index in [9.17, 15) is 9.59 Å². The molecule has 6 heteroatoms. The summed E-state index contributed by atoms with van der Waals surface area (Å²) in [6.45, 7) is 8.01. The van der Waals surface area contributed by atoms with Crippen LogP contribution in [0.25, 0.3) is 0 Å². The van der Waals surface area contributed by atoms with Gasteiger partial charge in [-0.2, -0.15) is 0 Å². The number of furan rings is 2. The fourth-order valence-corrected chi connectivity index (χ4v) is 3.56. The highest BCUT2D eigenvalue weighted by Crippen LogP contribution is 2.36. The van der Waals surface area contributed by atoms with E-state index >= 15 is 0 Å². The van der Waals surface area contributed by atoms with Crippen LogP contribution >= 0.6 is 0 Å². The molecule has 168 valence electrons. The van der Waals surface area contributed by atoms with Crippen molar-refractivity contribution in [3.05, 3.63) is 107 Å². The second kappa shape index (κ2) is 8.82. The first kappa shape index (κ1) is 22.1. The Kier molecular flexibility index (Phi) is 5.92. The van der Waals surface area contributed by atoms with E-state index in [0.29, 0.717) is 11.5 Å². The van der Waals surface area contributed by atoms with Crippen molar-refractivity contribution in [1.29, 1.82) is 0 Å². The van der Waals surface area contributed by atoms with Gasteiger partial charge in [0.15, 0.2) is 0 Å². The molecular weight excluding hydrogens is 420 g/mol. The molecule has 0 atom stereocenters. The largest absolute Gasteiger partial charge is 0.457 e. The van der Waals surface area contributed by atoms with E-state index in [4.69, 9.17) is 18.3 Å². The number of carbonyl (C=O) groups is 2. The first-order valence-corrected chi connectivity index (χ1v) is 10.5. The van der Waals surface area contributed by atoms with Crippen LogP contribution in [0.5, 0.6) is 11.5 Å². The van der Waals surface area contributed by atoms with Gasteiger partial charge >= 0.3 is 11.9 Å². The molecule has 0 aliphatic rings. The molecule has 0 aliphatic carbocycles. The van der Waals surface area contributed by atoms with E-state index in [1.807, 2.05) is 38.1 Å². The summed E-state index contributed by atoms with van der Waals surface area (Å²) in [5, 5.41) is 0. The Morgan fingerprint density at radius 2 is 1.12 bits per heavy atom. The molecule has 0 N–H and O–H groups in total. The maximum Gasteiger partial charge on any atom is 0.379 e. The van der Waals surface area contributed by atoms with E-state index < -0.39 is 11.9 Å². The lowest BCUT2D eigenvalue weighted by atomic mass is 9.77. The third kappa shape index (κ3) is 4.60. The highest BCUT2D eigenvalue weighted by atomic mass is 16.6. The van der Waals surface area contributed by atoms with Crippen molar-refractivity contribution < 1.29 is 27.9 Å². The molecule has 4 aromatic rings. The summed E-state index contributed by atoms with van der Waals surface area (Å²) >= 11 is 0. The van der Waals surface area contributed by atoms with E-state index in [1.54, 1.807) is 36.4 Å². The van der Waals surface area contributed by atoms with Crippen LogP contribution in [0.4, 0.5) is 0 Å². The Hall–Kier alpha value is -4.06. The van der Waals surface area contributed by atoms with Crippen molar-refractivity contribution in [2.24, 2.45) is 0 Å². The third-order valence-corrected chi connectivity index (χ3v) is 5.64. The Labute approximate surface area is 191 Å². The van der Waals surface area contributed by atoms with Crippen LogP contribution in [0.3, 0.4) is 0 Å². The van der Waals surface area contributed by atoms with Gasteiger partial charge in [0.05, 0.1) is 12.5 Å². The number of carbonyl (C=O) groups excluding carboxylic acids is 2. The lowest BCUT2D eigenvalue weighted by Gasteiger charge is -2.27. The summed E-state index contributed by atoms with van der Waals surface area (Å²) in [4.78, 5) is 24.4. The van der Waals surface area contributed by atoms with Crippen molar-refractivity contribution >= 4 is 11.9 Å². The standard InChI is InChI=1S/C27H24O6/c1-17-15-19(9-11-21(17)32-25(28)23-7-5-13-30-23)27(3,4)20-10-12-22(18(2)16-20)33-26(29)24-8-6-14-31-24/h5-16H,1-4H3. The molecular formula is C27H24O6. The van der Waals surface area contributed by atoms with Gasteiger partial charge in [0, 0.05) is 5.41 Å². The van der Waals surface area contributed by atoms with Gasteiger partial charge in [-0.05, 0) is 72.5 Å². The number of benzene rings is 2. The van der Waals surface area contributed by atoms with Crippen molar-refractivity contribution in [1.82, 2.24) is 0 Å². The topological polar surface area (TPSA) is 78.9 Å². The minimum absolute atomic E-state index is 0.155. The monoisotopic (exact) mass is 444 g/mol. The van der Waals surface area contributed by atoms with E-state index in [-0.39, 0.29) is 16.9 Å². The van der Waals surface area contributed by atoms with Crippen LogP contribution in [0.2, 0.25) is 0 Å². The fourth-order valence-electron chi connectivity index (χ4n) is 3.56. The first-order chi connectivity index (χ1) is 15.8. The van der Waals surface area contributed by atoms with Crippen LogP contribution < -0.4 is 9.47 Å². The van der Waals surface area contributed by atoms with Crippen LogP contribution in [-0.4, -0.2) is 11.9 Å². The van der Waals surface area contributed by atoms with Gasteiger partial charge in [0.25, 0.3) is 0 Å². The molecule has 0 saturated heterocycles. The zero-order valence-corrected chi connectivity index (χ0v) is 18.9. The lowest BCUT2D eigenvalue weighted by molar-refractivity contribution is 0.0691. The smallest absolute Gasteiger partial charge is 0.379 e. The number of esters is 2. The highest BCUT2D eigenvalue weighted by Gasteiger charge is 2.25. The predicted octanol–water partition coefficient (Wildman–Crippen LogP) is 6.25. The SMILES string of the molecule is Cc1cc(C(C)(C)c2ccc(OC(=O)c3ccco3)c(C)c2)ccc1OC(=O)c1ccco1. The summed E-state index contributed by atoms with van der Waals surface area (Å²) in [7, 11) is 0. The highest BCUT2D eigenvalue weighted by molar-refractivity contribution is 5.88. The fraction of sp³-hybridized carbons (Fsp3) is 0.185. The Morgan fingerprint density at radius 1 is 0.697 bits per heavy atom. The molecule has 0 unspecified atom stereocenters. The molecule has 0 amide bonds. The van der Waals surface area contributed by atoms with Crippen molar-refractivity contribution in [3.63, 3.8) is 0 Å². The molecule has 0 spiro atoms. The van der Waals surface area contributed by atoms with Crippen molar-refractivity contribution in [2.75, 3.05) is 0 Å². The average molecular weight is 444 g/mol. The molecule has 0 saturated carbocycles. The molecule has 0 aliphatic heterocycles. The summed E-state index contributed by atoms with van der Waals surface area (Å²) in [6.07, 6.45) is 2.86. The molecule has 2 aromatic heterocycles. The molecule has 2 aromatic carbocycles. The van der Waals surface area contributed by atoms with Gasteiger partial charge in [-0.25, -0.2) is 9.59 Å². The summed E-state index contributed by atoms with van der Waals surface area (Å²) in [5.41, 5.74) is 3.43. The lowest BCUT2D eigenvalue weighted by Crippen LogP contribution is -2.20. The van der Waals surface area contributed by atoms with Crippen LogP contribution in [0.1, 0.15) is 57.2 Å². The van der Waals surface area contributed by atoms with Gasteiger partial charge in [-0.15, -0.1) is 0 Å². The minimum atomic E-state index is -0.537. The number of hydrogen-bond acceptors (Lipinski definition) is 6. The number of aryl methyl sites for hydroxylation is 2. The average Bonchev–Trinajstić information content (AvgIpc) is 3.51. The van der Waals surface area contributed by atoms with Crippen LogP contribution in [0, 0.1) is 13.8 Å². The van der Waals surface area contributed by atoms with Gasteiger partial charge in [0.2, 0.25) is 11.5 Å². The molecule has 0 radical (unpaired) electrons. The Morgan fingerprint density at radius 3 is 1.45 bits per heavy atom. The zero-order chi connectivity index (χ0) is 23.6. The maximum atomic E-state index is 12.2. The van der Waals surface area contributed by atoms with Gasteiger partial charge in [-0.3, -0.25) is 0 Å². The third-order valence-electron chi connectivity index (χ3n) is 5.64. The Bertz CT molecular complexity index is 1180. The number of ether oxygens (including phenoxy) is 2. The molecule has 2 heterocycles. The summed E-state index contributed by atoms with van der Waals surface area (Å²) in [6, 6.07) is 17.9. The quantitative estimate of drug-likeness (QED) is 0.258. The molecule has 0 fully saturated rings. The van der Waals surface area contributed by atoms with Crippen LogP contribution in [-0.2, 0) is 5.41 Å². The summed E-state index contributed by atoms with van der Waals surface area (Å²) < 4.78 is 21.1. The van der Waals surface area contributed by atoms with Crippen molar-refractivity contribution in [3.8, 4) is 11.5 Å². The molecule has 6 nitrogen and oxygen atoms in total. The Balaban J connectivity index is 1.53. The number of rotatable bonds is 6. The van der Waals surface area contributed by atoms with Gasteiger partial charge in [0.1, 0.15) is 11.5 Å². The van der Waals surface area contributed by atoms with E-state index in [1.165, 1.54) is 12.5 Å². The minimum Gasteiger partial charge on any atom is -0.457 e. The molecule has 33 heavy (non-hydrogen) atoms. The number of hydrogen-bond donors (Lipinski definition) is 0. The van der Waals surface area contributed by atoms with Gasteiger partial charge < -0.3 is 18.3 Å². The summed E-state index contributed by atoms with van der Waals surface area (Å²) in [5.74, 6) is 0.194. The van der Waals surface area contributed by atoms with E-state index in [0.717, 1.165) is 22.3 Å². The predicted molar refractivity (Wildman–Crippen MR) is 122 cm³/mol. The second-order valence-corrected chi connectivity index (χ2v) is 8.32. The molecule has 4 rings (SSSR count). The second-order valence-electron chi connectivity index (χ2n) is 8.32. The maximum absolute atomic E-state index is 12.2. The van der Waals surface area contributed by atoms with Gasteiger partial charge in [-0.1, -0.05) is 38.1 Å². The molecule has 0 bridgehead atoms. The normalized spacial score (nSPS) is 11.3. The van der Waals surface area contributed by atoms with E-state index in [2.05, 4.69) is 13.8 Å².